The fourth-order valence-electron chi connectivity index (χ4n) is 2.13. The van der Waals surface area contributed by atoms with Gasteiger partial charge in [-0.1, -0.05) is 0 Å². The summed E-state index contributed by atoms with van der Waals surface area (Å²) < 4.78 is 0. The molecule has 4 nitrogen and oxygen atoms in total. The zero-order valence-electron chi connectivity index (χ0n) is 10.4. The number of hydrogen-bond acceptors (Lipinski definition) is 4. The van der Waals surface area contributed by atoms with Crippen LogP contribution in [-0.2, 0) is 4.79 Å². The zero-order chi connectivity index (χ0) is 12.3. The zero-order valence-corrected chi connectivity index (χ0v) is 11.3. The van der Waals surface area contributed by atoms with Gasteiger partial charge in [-0.25, -0.2) is 0 Å². The third kappa shape index (κ3) is 3.60. The largest absolute Gasteiger partial charge is 0.396 e. The molecule has 2 aliphatic rings. The SMILES string of the molecule is CN(CC(=O)NCC1(CO)CC1)C1CCSC1. The number of likely N-dealkylation sites (N-methyl/N-ethyl adjacent to an activating group) is 1. The molecule has 1 unspecified atom stereocenters. The van der Waals surface area contributed by atoms with Crippen LogP contribution in [0.4, 0.5) is 0 Å². The van der Waals surface area contributed by atoms with Gasteiger partial charge in [-0.3, -0.25) is 9.69 Å². The Balaban J connectivity index is 1.66. The average Bonchev–Trinajstić information content (AvgIpc) is 2.89. The van der Waals surface area contributed by atoms with Crippen molar-refractivity contribution in [3.05, 3.63) is 0 Å². The Bertz CT molecular complexity index is 276. The van der Waals surface area contributed by atoms with E-state index in [-0.39, 0.29) is 17.9 Å². The Morgan fingerprint density at radius 1 is 1.59 bits per heavy atom. The van der Waals surface area contributed by atoms with Crippen molar-refractivity contribution in [2.24, 2.45) is 5.41 Å². The summed E-state index contributed by atoms with van der Waals surface area (Å²) in [6.07, 6.45) is 3.27. The summed E-state index contributed by atoms with van der Waals surface area (Å²) in [4.78, 5) is 13.9. The number of nitrogens with one attached hydrogen (secondary N) is 1. The third-order valence-corrected chi connectivity index (χ3v) is 5.02. The van der Waals surface area contributed by atoms with Crippen molar-refractivity contribution in [2.75, 3.05) is 38.2 Å². The number of amides is 1. The molecule has 0 spiro atoms. The van der Waals surface area contributed by atoms with Gasteiger partial charge in [0, 0.05) is 23.8 Å². The molecule has 1 aliphatic heterocycles. The summed E-state index contributed by atoms with van der Waals surface area (Å²) in [6, 6.07) is 0.554. The first-order valence-corrected chi connectivity index (χ1v) is 7.46. The van der Waals surface area contributed by atoms with Crippen LogP contribution < -0.4 is 5.32 Å². The monoisotopic (exact) mass is 258 g/mol. The molecule has 1 heterocycles. The lowest BCUT2D eigenvalue weighted by atomic mass is 10.1. The van der Waals surface area contributed by atoms with Crippen LogP contribution in [0.25, 0.3) is 0 Å². The van der Waals surface area contributed by atoms with E-state index >= 15 is 0 Å². The molecule has 5 heteroatoms. The minimum absolute atomic E-state index is 0.0114. The summed E-state index contributed by atoms with van der Waals surface area (Å²) in [5, 5.41) is 12.1. The number of nitrogens with zero attached hydrogens (tertiary/aromatic N) is 1. The van der Waals surface area contributed by atoms with Crippen LogP contribution in [0, 0.1) is 5.41 Å². The van der Waals surface area contributed by atoms with Gasteiger partial charge >= 0.3 is 0 Å². The fraction of sp³-hybridized carbons (Fsp3) is 0.917. The maximum Gasteiger partial charge on any atom is 0.234 e. The minimum atomic E-state index is 0.0114. The number of carbonyl (C=O) groups is 1. The molecule has 2 N–H and O–H groups in total. The van der Waals surface area contributed by atoms with Crippen molar-refractivity contribution in [3.63, 3.8) is 0 Å². The van der Waals surface area contributed by atoms with E-state index in [0.717, 1.165) is 18.6 Å². The predicted octanol–water partition coefficient (Wildman–Crippen LogP) is 0.312. The quantitative estimate of drug-likeness (QED) is 0.720. The normalized spacial score (nSPS) is 26.2. The third-order valence-electron chi connectivity index (χ3n) is 3.88. The van der Waals surface area contributed by atoms with E-state index in [1.54, 1.807) is 0 Å². The lowest BCUT2D eigenvalue weighted by molar-refractivity contribution is -0.122. The number of aliphatic hydroxyl groups is 1. The molecule has 1 atom stereocenters. The minimum Gasteiger partial charge on any atom is -0.396 e. The molecule has 0 bridgehead atoms. The number of carbonyl (C=O) groups excluding carboxylic acids is 1. The van der Waals surface area contributed by atoms with Crippen LogP contribution in [0.3, 0.4) is 0 Å². The van der Waals surface area contributed by atoms with E-state index in [4.69, 9.17) is 5.11 Å². The highest BCUT2D eigenvalue weighted by Crippen LogP contribution is 2.44. The van der Waals surface area contributed by atoms with Crippen LogP contribution in [-0.4, -0.2) is 60.2 Å². The fourth-order valence-corrected chi connectivity index (χ4v) is 3.43. The molecule has 2 fully saturated rings. The molecule has 0 radical (unpaired) electrons. The van der Waals surface area contributed by atoms with E-state index in [2.05, 4.69) is 10.2 Å². The van der Waals surface area contributed by atoms with Crippen LogP contribution in [0.5, 0.6) is 0 Å². The molecule has 98 valence electrons. The highest BCUT2D eigenvalue weighted by Gasteiger charge is 2.42. The van der Waals surface area contributed by atoms with Crippen LogP contribution >= 0.6 is 11.8 Å². The Labute approximate surface area is 107 Å². The Morgan fingerprint density at radius 3 is 2.88 bits per heavy atom. The summed E-state index contributed by atoms with van der Waals surface area (Å²) in [7, 11) is 2.02. The lowest BCUT2D eigenvalue weighted by Gasteiger charge is -2.23. The van der Waals surface area contributed by atoms with Gasteiger partial charge in [-0.05, 0) is 32.1 Å². The molecule has 1 amide bonds. The van der Waals surface area contributed by atoms with Crippen molar-refractivity contribution in [1.29, 1.82) is 0 Å². The van der Waals surface area contributed by atoms with Gasteiger partial charge in [0.1, 0.15) is 0 Å². The number of aliphatic hydroxyl groups excluding tert-OH is 1. The van der Waals surface area contributed by atoms with Gasteiger partial charge in [0.15, 0.2) is 0 Å². The van der Waals surface area contributed by atoms with Gasteiger partial charge in [0.2, 0.25) is 5.91 Å². The first kappa shape index (κ1) is 13.2. The summed E-state index contributed by atoms with van der Waals surface area (Å²) >= 11 is 1.96. The Hall–Kier alpha value is -0.260. The van der Waals surface area contributed by atoms with Crippen molar-refractivity contribution in [1.82, 2.24) is 10.2 Å². The molecule has 0 aromatic carbocycles. The Kier molecular flexibility index (Phi) is 4.33. The number of hydrogen-bond donors (Lipinski definition) is 2. The van der Waals surface area contributed by atoms with Gasteiger partial charge in [-0.2, -0.15) is 11.8 Å². The standard InChI is InChI=1S/C12H22N2O2S/c1-14(10-2-5-17-7-10)6-11(16)13-8-12(9-15)3-4-12/h10,15H,2-9H2,1H3,(H,13,16). The highest BCUT2D eigenvalue weighted by molar-refractivity contribution is 7.99. The van der Waals surface area contributed by atoms with E-state index in [0.29, 0.717) is 19.1 Å². The second-order valence-electron chi connectivity index (χ2n) is 5.37. The second kappa shape index (κ2) is 5.59. The highest BCUT2D eigenvalue weighted by atomic mass is 32.2. The lowest BCUT2D eigenvalue weighted by Crippen LogP contribution is -2.42. The first-order chi connectivity index (χ1) is 8.15. The molecular formula is C12H22N2O2S. The topological polar surface area (TPSA) is 52.6 Å². The van der Waals surface area contributed by atoms with Gasteiger partial charge < -0.3 is 10.4 Å². The van der Waals surface area contributed by atoms with Gasteiger partial charge in [0.25, 0.3) is 0 Å². The van der Waals surface area contributed by atoms with Crippen LogP contribution in [0.1, 0.15) is 19.3 Å². The number of rotatable bonds is 6. The molecule has 0 aromatic rings. The van der Waals surface area contributed by atoms with Crippen LogP contribution in [0.15, 0.2) is 0 Å². The maximum absolute atomic E-state index is 11.8. The van der Waals surface area contributed by atoms with Crippen molar-refractivity contribution in [3.8, 4) is 0 Å². The molecule has 1 aliphatic carbocycles. The van der Waals surface area contributed by atoms with Gasteiger partial charge in [-0.15, -0.1) is 0 Å². The summed E-state index contributed by atoms with van der Waals surface area (Å²) in [6.45, 7) is 1.31. The molecule has 2 rings (SSSR count). The summed E-state index contributed by atoms with van der Waals surface area (Å²) in [5.41, 5.74) is 0.0114. The summed E-state index contributed by atoms with van der Waals surface area (Å²) in [5.74, 6) is 2.44. The molecule has 1 saturated carbocycles. The first-order valence-electron chi connectivity index (χ1n) is 6.31. The van der Waals surface area contributed by atoms with Crippen molar-refractivity contribution < 1.29 is 9.90 Å². The Morgan fingerprint density at radius 2 is 2.35 bits per heavy atom. The smallest absolute Gasteiger partial charge is 0.234 e. The molecule has 0 aromatic heterocycles. The van der Waals surface area contributed by atoms with Crippen molar-refractivity contribution in [2.45, 2.75) is 25.3 Å². The maximum atomic E-state index is 11.8. The van der Waals surface area contributed by atoms with E-state index in [1.165, 1.54) is 12.2 Å². The van der Waals surface area contributed by atoms with E-state index in [1.807, 2.05) is 18.8 Å². The molecule has 17 heavy (non-hydrogen) atoms. The molecular weight excluding hydrogens is 236 g/mol. The van der Waals surface area contributed by atoms with Crippen molar-refractivity contribution >= 4 is 17.7 Å². The van der Waals surface area contributed by atoms with Gasteiger partial charge in [0.05, 0.1) is 13.2 Å². The second-order valence-corrected chi connectivity index (χ2v) is 6.52. The van der Waals surface area contributed by atoms with E-state index in [9.17, 15) is 4.79 Å². The van der Waals surface area contributed by atoms with Crippen LogP contribution in [0.2, 0.25) is 0 Å². The number of thioether (sulfide) groups is 1. The average molecular weight is 258 g/mol. The predicted molar refractivity (Wildman–Crippen MR) is 70.1 cm³/mol. The van der Waals surface area contributed by atoms with E-state index < -0.39 is 0 Å². The molecule has 1 saturated heterocycles.